The van der Waals surface area contributed by atoms with Gasteiger partial charge in [-0.05, 0) is 24.1 Å². The Labute approximate surface area is 127 Å². The van der Waals surface area contributed by atoms with E-state index in [4.69, 9.17) is 9.47 Å². The van der Waals surface area contributed by atoms with Crippen molar-refractivity contribution in [3.8, 4) is 0 Å². The van der Waals surface area contributed by atoms with Crippen molar-refractivity contribution in [2.45, 2.75) is 25.6 Å². The van der Waals surface area contributed by atoms with E-state index in [0.29, 0.717) is 6.10 Å². The molecule has 4 heteroatoms. The topological polar surface area (TPSA) is 33.7 Å². The summed E-state index contributed by atoms with van der Waals surface area (Å²) < 4.78 is 11.7. The van der Waals surface area contributed by atoms with Gasteiger partial charge >= 0.3 is 0 Å². The first-order chi connectivity index (χ1) is 10.4. The Balaban J connectivity index is 1.48. The second-order valence-corrected chi connectivity index (χ2v) is 5.85. The van der Waals surface area contributed by atoms with Gasteiger partial charge in [-0.15, -0.1) is 0 Å². The van der Waals surface area contributed by atoms with Gasteiger partial charge in [0.15, 0.2) is 0 Å². The van der Waals surface area contributed by atoms with Crippen LogP contribution in [0.15, 0.2) is 24.3 Å². The maximum atomic E-state index is 5.92. The summed E-state index contributed by atoms with van der Waals surface area (Å²) in [5, 5.41) is 3.53. The number of rotatable bonds is 5. The Morgan fingerprint density at radius 1 is 1.19 bits per heavy atom. The normalized spacial score (nSPS) is 26.5. The highest BCUT2D eigenvalue weighted by molar-refractivity contribution is 5.31. The smallest absolute Gasteiger partial charge is 0.0952 e. The number of nitrogens with zero attached hydrogens (tertiary/aromatic N) is 1. The van der Waals surface area contributed by atoms with Crippen LogP contribution in [-0.4, -0.2) is 56.9 Å². The summed E-state index contributed by atoms with van der Waals surface area (Å²) >= 11 is 0. The average molecular weight is 290 g/mol. The van der Waals surface area contributed by atoms with E-state index in [0.717, 1.165) is 52.4 Å². The molecule has 2 aliphatic rings. The molecule has 21 heavy (non-hydrogen) atoms. The van der Waals surface area contributed by atoms with Gasteiger partial charge in [0.25, 0.3) is 0 Å². The molecule has 2 aliphatic heterocycles. The first-order valence-corrected chi connectivity index (χ1v) is 8.11. The van der Waals surface area contributed by atoms with Crippen molar-refractivity contribution in [1.82, 2.24) is 10.2 Å². The summed E-state index contributed by atoms with van der Waals surface area (Å²) in [6.07, 6.45) is 1.52. The van der Waals surface area contributed by atoms with E-state index < -0.39 is 0 Å². The van der Waals surface area contributed by atoms with Crippen molar-refractivity contribution in [2.24, 2.45) is 0 Å². The Bertz CT molecular complexity index is 452. The van der Waals surface area contributed by atoms with Gasteiger partial charge in [0.2, 0.25) is 0 Å². The van der Waals surface area contributed by atoms with E-state index in [1.54, 1.807) is 0 Å². The SMILES string of the molecule is CCN1CCOC(CNCC2OCCc3ccccc32)C1. The zero-order valence-corrected chi connectivity index (χ0v) is 12.9. The summed E-state index contributed by atoms with van der Waals surface area (Å²) in [6.45, 7) is 8.86. The van der Waals surface area contributed by atoms with Crippen LogP contribution >= 0.6 is 0 Å². The lowest BCUT2D eigenvalue weighted by atomic mass is 9.97. The zero-order chi connectivity index (χ0) is 14.5. The van der Waals surface area contributed by atoms with E-state index in [1.165, 1.54) is 11.1 Å². The van der Waals surface area contributed by atoms with Crippen LogP contribution in [0.2, 0.25) is 0 Å². The van der Waals surface area contributed by atoms with Gasteiger partial charge in [-0.2, -0.15) is 0 Å². The highest BCUT2D eigenvalue weighted by Crippen LogP contribution is 2.26. The summed E-state index contributed by atoms with van der Waals surface area (Å²) in [5.74, 6) is 0. The lowest BCUT2D eigenvalue weighted by molar-refractivity contribution is -0.0279. The zero-order valence-electron chi connectivity index (χ0n) is 12.9. The Kier molecular flexibility index (Phi) is 5.25. The number of morpholine rings is 1. The quantitative estimate of drug-likeness (QED) is 0.893. The number of hydrogen-bond acceptors (Lipinski definition) is 4. The van der Waals surface area contributed by atoms with Crippen LogP contribution in [0.25, 0.3) is 0 Å². The Morgan fingerprint density at radius 2 is 2.10 bits per heavy atom. The van der Waals surface area contributed by atoms with Crippen LogP contribution in [0.3, 0.4) is 0 Å². The number of fused-ring (bicyclic) bond motifs is 1. The molecule has 0 aliphatic carbocycles. The number of benzene rings is 1. The molecule has 0 radical (unpaired) electrons. The molecule has 1 aromatic carbocycles. The lowest BCUT2D eigenvalue weighted by Crippen LogP contribution is -2.47. The minimum Gasteiger partial charge on any atom is -0.374 e. The third-order valence-electron chi connectivity index (χ3n) is 4.46. The molecule has 0 bridgehead atoms. The van der Waals surface area contributed by atoms with E-state index in [2.05, 4.69) is 41.4 Å². The molecule has 0 aromatic heterocycles. The molecular formula is C17H26N2O2. The van der Waals surface area contributed by atoms with Crippen molar-refractivity contribution in [3.63, 3.8) is 0 Å². The van der Waals surface area contributed by atoms with Gasteiger partial charge in [-0.1, -0.05) is 31.2 Å². The maximum absolute atomic E-state index is 5.92. The fourth-order valence-corrected chi connectivity index (χ4v) is 3.21. The van der Waals surface area contributed by atoms with Gasteiger partial charge < -0.3 is 14.8 Å². The second-order valence-electron chi connectivity index (χ2n) is 5.85. The summed E-state index contributed by atoms with van der Waals surface area (Å²) in [7, 11) is 0. The monoisotopic (exact) mass is 290 g/mol. The van der Waals surface area contributed by atoms with Crippen molar-refractivity contribution in [1.29, 1.82) is 0 Å². The summed E-state index contributed by atoms with van der Waals surface area (Å²) in [4.78, 5) is 2.45. The molecule has 4 nitrogen and oxygen atoms in total. The summed E-state index contributed by atoms with van der Waals surface area (Å²) in [6, 6.07) is 8.62. The van der Waals surface area contributed by atoms with Crippen molar-refractivity contribution in [3.05, 3.63) is 35.4 Å². The number of ether oxygens (including phenoxy) is 2. The molecular weight excluding hydrogens is 264 g/mol. The standard InChI is InChI=1S/C17H26N2O2/c1-2-19-8-10-20-15(13-19)11-18-12-17-16-6-4-3-5-14(16)7-9-21-17/h3-6,15,17-18H,2,7-13H2,1H3. The highest BCUT2D eigenvalue weighted by Gasteiger charge is 2.22. The Hall–Kier alpha value is -0.940. The van der Waals surface area contributed by atoms with Crippen LogP contribution in [0, 0.1) is 0 Å². The summed E-state index contributed by atoms with van der Waals surface area (Å²) in [5.41, 5.74) is 2.78. The molecule has 2 unspecified atom stereocenters. The van der Waals surface area contributed by atoms with E-state index >= 15 is 0 Å². The molecule has 2 atom stereocenters. The fraction of sp³-hybridized carbons (Fsp3) is 0.647. The molecule has 1 saturated heterocycles. The Morgan fingerprint density at radius 3 is 3.00 bits per heavy atom. The second kappa shape index (κ2) is 7.36. The van der Waals surface area contributed by atoms with Crippen LogP contribution in [0.1, 0.15) is 24.2 Å². The molecule has 3 rings (SSSR count). The number of hydrogen-bond donors (Lipinski definition) is 1. The highest BCUT2D eigenvalue weighted by atomic mass is 16.5. The molecule has 1 fully saturated rings. The van der Waals surface area contributed by atoms with Gasteiger partial charge in [0, 0.05) is 26.2 Å². The third-order valence-corrected chi connectivity index (χ3v) is 4.46. The van der Waals surface area contributed by atoms with E-state index in [-0.39, 0.29) is 6.10 Å². The van der Waals surface area contributed by atoms with Gasteiger partial charge in [-0.25, -0.2) is 0 Å². The lowest BCUT2D eigenvalue weighted by Gasteiger charge is -2.33. The predicted molar refractivity (Wildman–Crippen MR) is 83.6 cm³/mol. The first kappa shape index (κ1) is 15.0. The number of nitrogens with one attached hydrogen (secondary N) is 1. The first-order valence-electron chi connectivity index (χ1n) is 8.11. The molecule has 116 valence electrons. The van der Waals surface area contributed by atoms with Gasteiger partial charge in [0.1, 0.15) is 0 Å². The fourth-order valence-electron chi connectivity index (χ4n) is 3.21. The average Bonchev–Trinajstić information content (AvgIpc) is 2.55. The molecule has 0 spiro atoms. The molecule has 1 N–H and O–H groups in total. The minimum atomic E-state index is 0.181. The van der Waals surface area contributed by atoms with Crippen molar-refractivity contribution >= 4 is 0 Å². The van der Waals surface area contributed by atoms with Crippen LogP contribution in [-0.2, 0) is 15.9 Å². The van der Waals surface area contributed by atoms with Gasteiger partial charge in [-0.3, -0.25) is 4.90 Å². The van der Waals surface area contributed by atoms with E-state index in [9.17, 15) is 0 Å². The predicted octanol–water partition coefficient (Wildman–Crippen LogP) is 1.61. The minimum absolute atomic E-state index is 0.181. The number of likely N-dealkylation sites (N-methyl/N-ethyl adjacent to an activating group) is 1. The maximum Gasteiger partial charge on any atom is 0.0952 e. The van der Waals surface area contributed by atoms with Crippen LogP contribution < -0.4 is 5.32 Å². The molecule has 0 saturated carbocycles. The van der Waals surface area contributed by atoms with Crippen molar-refractivity contribution in [2.75, 3.05) is 45.9 Å². The molecule has 0 amide bonds. The third kappa shape index (κ3) is 3.83. The van der Waals surface area contributed by atoms with Gasteiger partial charge in [0.05, 0.1) is 25.4 Å². The molecule has 2 heterocycles. The molecule has 1 aromatic rings. The largest absolute Gasteiger partial charge is 0.374 e. The van der Waals surface area contributed by atoms with Crippen LogP contribution in [0.4, 0.5) is 0 Å². The van der Waals surface area contributed by atoms with Crippen molar-refractivity contribution < 1.29 is 9.47 Å². The van der Waals surface area contributed by atoms with E-state index in [1.807, 2.05) is 0 Å². The van der Waals surface area contributed by atoms with Crippen LogP contribution in [0.5, 0.6) is 0 Å².